The fourth-order valence-electron chi connectivity index (χ4n) is 1.25. The van der Waals surface area contributed by atoms with Gasteiger partial charge in [-0.2, -0.15) is 0 Å². The minimum Gasteiger partial charge on any atom is -0.416 e. The molecule has 0 fully saturated rings. The third-order valence-corrected chi connectivity index (χ3v) is 2.97. The summed E-state index contributed by atoms with van der Waals surface area (Å²) >= 11 is 0.855. The minimum absolute atomic E-state index is 0.0631. The van der Waals surface area contributed by atoms with E-state index in [9.17, 15) is 10.1 Å². The predicted molar refractivity (Wildman–Crippen MR) is 66.6 cm³/mol. The Labute approximate surface area is 115 Å². The quantitative estimate of drug-likeness (QED) is 0.275. The average Bonchev–Trinajstić information content (AvgIpc) is 2.83. The summed E-state index contributed by atoms with van der Waals surface area (Å²) < 4.78 is 5.11. The zero-order chi connectivity index (χ0) is 14.7. The molecule has 0 bridgehead atoms. The first kappa shape index (κ1) is 13.7. The number of rotatable bonds is 4. The van der Waals surface area contributed by atoms with Gasteiger partial charge in [0, 0.05) is 24.8 Å². The minimum atomic E-state index is -0.632. The highest BCUT2D eigenvalue weighted by atomic mass is 32.2. The number of pyridine rings is 1. The van der Waals surface area contributed by atoms with Crippen molar-refractivity contribution in [2.75, 3.05) is 0 Å². The van der Waals surface area contributed by atoms with Gasteiger partial charge < -0.3 is 15.4 Å². The second kappa shape index (κ2) is 5.52. The van der Waals surface area contributed by atoms with E-state index in [1.807, 2.05) is 0 Å². The first-order valence-corrected chi connectivity index (χ1v) is 5.93. The predicted octanol–water partition coefficient (Wildman–Crippen LogP) is 0.927. The zero-order valence-corrected chi connectivity index (χ0v) is 10.9. The molecule has 2 aromatic rings. The smallest absolute Gasteiger partial charge is 0.302 e. The molecule has 0 aromatic carbocycles. The fourth-order valence-corrected chi connectivity index (χ4v) is 2.00. The van der Waals surface area contributed by atoms with Crippen LogP contribution in [0.5, 0.6) is 0 Å². The molecule has 0 amide bonds. The number of nitrogens with two attached hydrogens (primary N) is 1. The first-order valence-electron chi connectivity index (χ1n) is 5.11. The highest BCUT2D eigenvalue weighted by molar-refractivity contribution is 7.99. The second-order valence-electron chi connectivity index (χ2n) is 3.48. The molecule has 10 nitrogen and oxygen atoms in total. The summed E-state index contributed by atoms with van der Waals surface area (Å²) in [4.78, 5) is 14.3. The summed E-state index contributed by atoms with van der Waals surface area (Å²) in [7, 11) is 0. The van der Waals surface area contributed by atoms with E-state index in [-0.39, 0.29) is 27.3 Å². The van der Waals surface area contributed by atoms with Crippen molar-refractivity contribution in [1.82, 2.24) is 15.2 Å². The summed E-state index contributed by atoms with van der Waals surface area (Å²) in [5, 5.41) is 29.9. The van der Waals surface area contributed by atoms with Crippen molar-refractivity contribution in [3.8, 4) is 0 Å². The van der Waals surface area contributed by atoms with Crippen molar-refractivity contribution >= 4 is 23.3 Å². The Kier molecular flexibility index (Phi) is 3.79. The van der Waals surface area contributed by atoms with Gasteiger partial charge in [0.25, 0.3) is 5.22 Å². The Morgan fingerprint density at radius 3 is 2.90 bits per heavy atom. The van der Waals surface area contributed by atoms with E-state index in [4.69, 9.17) is 15.4 Å². The van der Waals surface area contributed by atoms with E-state index in [0.717, 1.165) is 17.8 Å². The normalized spacial score (nSPS) is 11.6. The molecule has 0 atom stereocenters. The molecule has 104 valence electrons. The first-order chi connectivity index (χ1) is 9.51. The van der Waals surface area contributed by atoms with Crippen LogP contribution >= 0.6 is 11.8 Å². The van der Waals surface area contributed by atoms with E-state index in [2.05, 4.69) is 20.3 Å². The van der Waals surface area contributed by atoms with Gasteiger partial charge in [-0.1, -0.05) is 5.16 Å². The summed E-state index contributed by atoms with van der Waals surface area (Å²) in [6.45, 7) is 1.60. The molecule has 0 aliphatic rings. The van der Waals surface area contributed by atoms with Crippen LogP contribution in [0.15, 0.2) is 32.1 Å². The monoisotopic (exact) mass is 296 g/mol. The largest absolute Gasteiger partial charge is 0.416 e. The fraction of sp³-hybridized carbons (Fsp3) is 0.111. The van der Waals surface area contributed by atoms with Gasteiger partial charge in [0.15, 0.2) is 10.9 Å². The van der Waals surface area contributed by atoms with Crippen LogP contribution in [-0.2, 0) is 0 Å². The summed E-state index contributed by atoms with van der Waals surface area (Å²) in [6, 6.07) is 1.15. The summed E-state index contributed by atoms with van der Waals surface area (Å²) in [6.07, 6.45) is 1.24. The molecule has 2 heterocycles. The number of aryl methyl sites for hydroxylation is 1. The lowest BCUT2D eigenvalue weighted by Crippen LogP contribution is -2.14. The second-order valence-corrected chi connectivity index (χ2v) is 4.42. The number of hydrogen-bond acceptors (Lipinski definition) is 9. The molecular formula is C9H8N6O4S. The van der Waals surface area contributed by atoms with Gasteiger partial charge in [0.05, 0.1) is 4.92 Å². The number of oxime groups is 1. The van der Waals surface area contributed by atoms with Crippen molar-refractivity contribution in [1.29, 1.82) is 0 Å². The van der Waals surface area contributed by atoms with Gasteiger partial charge in [-0.05, 0) is 11.8 Å². The molecule has 2 aromatic heterocycles. The molecule has 3 N–H and O–H groups in total. The Bertz CT molecular complexity index is 685. The Hall–Kier alpha value is -2.69. The van der Waals surface area contributed by atoms with Crippen LogP contribution in [0.3, 0.4) is 0 Å². The Morgan fingerprint density at radius 2 is 2.35 bits per heavy atom. The maximum atomic E-state index is 11.0. The van der Waals surface area contributed by atoms with E-state index in [0.29, 0.717) is 5.89 Å². The van der Waals surface area contributed by atoms with E-state index >= 15 is 0 Å². The molecule has 0 spiro atoms. The van der Waals surface area contributed by atoms with Crippen molar-refractivity contribution < 1.29 is 14.5 Å². The Morgan fingerprint density at radius 1 is 1.60 bits per heavy atom. The number of nitro groups is 1. The topological polar surface area (TPSA) is 154 Å². The molecule has 0 unspecified atom stereocenters. The van der Waals surface area contributed by atoms with Crippen molar-refractivity contribution in [2.24, 2.45) is 10.9 Å². The van der Waals surface area contributed by atoms with E-state index in [1.165, 1.54) is 6.20 Å². The van der Waals surface area contributed by atoms with Gasteiger partial charge >= 0.3 is 5.69 Å². The molecule has 0 radical (unpaired) electrons. The third-order valence-electron chi connectivity index (χ3n) is 2.12. The van der Waals surface area contributed by atoms with Crippen LogP contribution in [0.2, 0.25) is 0 Å². The molecule has 0 saturated heterocycles. The zero-order valence-electron chi connectivity index (χ0n) is 10.0. The molecular weight excluding hydrogens is 288 g/mol. The Balaban J connectivity index is 2.40. The van der Waals surface area contributed by atoms with Crippen LogP contribution in [0.25, 0.3) is 0 Å². The van der Waals surface area contributed by atoms with Crippen molar-refractivity contribution in [2.45, 2.75) is 17.2 Å². The van der Waals surface area contributed by atoms with E-state index < -0.39 is 4.92 Å². The molecule has 11 heteroatoms. The van der Waals surface area contributed by atoms with Gasteiger partial charge in [0.1, 0.15) is 0 Å². The summed E-state index contributed by atoms with van der Waals surface area (Å²) in [5.74, 6) is 0.0641. The van der Waals surface area contributed by atoms with Gasteiger partial charge in [-0.15, -0.1) is 10.2 Å². The molecule has 0 aliphatic carbocycles. The number of aromatic nitrogens is 3. The maximum Gasteiger partial charge on any atom is 0.302 e. The number of nitrogens with zero attached hydrogens (tertiary/aromatic N) is 5. The SMILES string of the molecule is Cc1nnc(Sc2ncc(C(N)=NO)cc2[N+](=O)[O-])o1. The highest BCUT2D eigenvalue weighted by Gasteiger charge is 2.21. The molecule has 2 rings (SSSR count). The van der Waals surface area contributed by atoms with Crippen LogP contribution in [0, 0.1) is 17.0 Å². The van der Waals surface area contributed by atoms with Crippen molar-refractivity contribution in [3.63, 3.8) is 0 Å². The van der Waals surface area contributed by atoms with Crippen LogP contribution < -0.4 is 5.73 Å². The third kappa shape index (κ3) is 2.83. The molecule has 20 heavy (non-hydrogen) atoms. The molecule has 0 aliphatic heterocycles. The van der Waals surface area contributed by atoms with Crippen LogP contribution in [-0.4, -0.2) is 31.1 Å². The van der Waals surface area contributed by atoms with E-state index in [1.54, 1.807) is 6.92 Å². The highest BCUT2D eigenvalue weighted by Crippen LogP contribution is 2.32. The van der Waals surface area contributed by atoms with Gasteiger partial charge in [0.2, 0.25) is 5.89 Å². The summed E-state index contributed by atoms with van der Waals surface area (Å²) in [5.41, 5.74) is 5.18. The maximum absolute atomic E-state index is 11.0. The lowest BCUT2D eigenvalue weighted by atomic mass is 10.2. The molecule has 0 saturated carbocycles. The number of hydrogen-bond donors (Lipinski definition) is 2. The number of amidine groups is 1. The van der Waals surface area contributed by atoms with Gasteiger partial charge in [-0.3, -0.25) is 10.1 Å². The van der Waals surface area contributed by atoms with Gasteiger partial charge in [-0.25, -0.2) is 4.98 Å². The average molecular weight is 296 g/mol. The lowest BCUT2D eigenvalue weighted by Gasteiger charge is -2.01. The lowest BCUT2D eigenvalue weighted by molar-refractivity contribution is -0.388. The van der Waals surface area contributed by atoms with Crippen LogP contribution in [0.1, 0.15) is 11.5 Å². The van der Waals surface area contributed by atoms with Crippen molar-refractivity contribution in [3.05, 3.63) is 33.8 Å². The standard InChI is InChI=1S/C9H8N6O4S/c1-4-12-13-9(19-4)20-8-6(15(17)18)2-5(3-11-8)7(10)14-16/h2-3,16H,1H3,(H2,10,14). The van der Waals surface area contributed by atoms with Crippen LogP contribution in [0.4, 0.5) is 5.69 Å².